The number of likely N-dealkylation sites (N-methyl/N-ethyl adjacent to an activating group) is 1. The molecule has 0 bridgehead atoms. The molecule has 2 aliphatic rings. The van der Waals surface area contributed by atoms with Gasteiger partial charge in [0.25, 0.3) is 0 Å². The lowest BCUT2D eigenvalue weighted by atomic mass is 10.1. The first kappa shape index (κ1) is 19.5. The summed E-state index contributed by atoms with van der Waals surface area (Å²) in [4.78, 5) is 28.7. The summed E-state index contributed by atoms with van der Waals surface area (Å²) >= 11 is 1.76. The number of benzene rings is 1. The first-order chi connectivity index (χ1) is 13.0. The van der Waals surface area contributed by atoms with E-state index in [9.17, 15) is 9.59 Å². The number of guanidine groups is 1. The molecular weight excluding hydrogens is 364 g/mol. The van der Waals surface area contributed by atoms with Gasteiger partial charge in [-0.05, 0) is 12.6 Å². The van der Waals surface area contributed by atoms with E-state index < -0.39 is 0 Å². The minimum atomic E-state index is -0.301. The maximum absolute atomic E-state index is 12.2. The van der Waals surface area contributed by atoms with Crippen LogP contribution in [0.5, 0.6) is 0 Å². The van der Waals surface area contributed by atoms with Crippen LogP contribution in [0.15, 0.2) is 35.3 Å². The summed E-state index contributed by atoms with van der Waals surface area (Å²) in [7, 11) is 1.78. The summed E-state index contributed by atoms with van der Waals surface area (Å²) in [5, 5.41) is 12.1. The third-order valence-electron chi connectivity index (χ3n) is 4.69. The molecular formula is C18H26N6O2S. The SMILES string of the molecule is CNC(Cc1ccccc1)NC(=O)CC(=O)NC[C@@H]1SC[C@@H]2NC(N)=N[C@@H]21. The zero-order valence-corrected chi connectivity index (χ0v) is 16.1. The standard InChI is InChI=1S/C18H26N6O2S/c1-20-14(7-11-5-3-2-4-6-11)23-16(26)8-15(25)21-9-13-17-12(10-27-13)22-18(19)24-17/h2-6,12-14,17,20H,7-10H2,1H3,(H,21,25)(H,23,26)(H3,19,22,24)/t12-,13-,14?,17-/m0/s1. The van der Waals surface area contributed by atoms with Crippen LogP contribution in [0.4, 0.5) is 0 Å². The number of nitrogens with one attached hydrogen (secondary N) is 4. The smallest absolute Gasteiger partial charge is 0.230 e. The lowest BCUT2D eigenvalue weighted by Gasteiger charge is -2.18. The van der Waals surface area contributed by atoms with Crippen molar-refractivity contribution in [2.45, 2.75) is 36.3 Å². The number of rotatable bonds is 8. The third kappa shape index (κ3) is 5.36. The van der Waals surface area contributed by atoms with Crippen LogP contribution in [0.1, 0.15) is 12.0 Å². The van der Waals surface area contributed by atoms with Crippen LogP contribution >= 0.6 is 11.8 Å². The molecule has 4 atom stereocenters. The molecule has 0 radical (unpaired) electrons. The number of aliphatic imine (C=N–C) groups is 1. The Kier molecular flexibility index (Phi) is 6.57. The van der Waals surface area contributed by atoms with Gasteiger partial charge in [-0.1, -0.05) is 30.3 Å². The highest BCUT2D eigenvalue weighted by atomic mass is 32.2. The molecule has 146 valence electrons. The van der Waals surface area contributed by atoms with E-state index in [1.54, 1.807) is 18.8 Å². The van der Waals surface area contributed by atoms with E-state index in [4.69, 9.17) is 5.73 Å². The molecule has 0 aromatic heterocycles. The van der Waals surface area contributed by atoms with Crippen LogP contribution in [-0.4, -0.2) is 60.6 Å². The molecule has 0 spiro atoms. The maximum atomic E-state index is 12.2. The molecule has 2 amide bonds. The molecule has 8 nitrogen and oxygen atoms in total. The van der Waals surface area contributed by atoms with Gasteiger partial charge >= 0.3 is 0 Å². The fraction of sp³-hybridized carbons (Fsp3) is 0.500. The van der Waals surface area contributed by atoms with E-state index in [-0.39, 0.29) is 41.7 Å². The van der Waals surface area contributed by atoms with E-state index in [0.717, 1.165) is 11.3 Å². The lowest BCUT2D eigenvalue weighted by molar-refractivity contribution is -0.129. The summed E-state index contributed by atoms with van der Waals surface area (Å²) in [6.07, 6.45) is 0.238. The Bertz CT molecular complexity index is 698. The Balaban J connectivity index is 1.40. The quantitative estimate of drug-likeness (QED) is 0.292. The van der Waals surface area contributed by atoms with Crippen molar-refractivity contribution < 1.29 is 9.59 Å². The van der Waals surface area contributed by atoms with Crippen molar-refractivity contribution in [3.05, 3.63) is 35.9 Å². The molecule has 9 heteroatoms. The molecule has 0 saturated carbocycles. The molecule has 1 saturated heterocycles. The van der Waals surface area contributed by atoms with Gasteiger partial charge in [-0.15, -0.1) is 0 Å². The van der Waals surface area contributed by atoms with Crippen molar-refractivity contribution in [2.75, 3.05) is 19.3 Å². The highest BCUT2D eigenvalue weighted by Gasteiger charge is 2.40. The minimum absolute atomic E-state index is 0.0867. The first-order valence-corrected chi connectivity index (χ1v) is 10.1. The van der Waals surface area contributed by atoms with Gasteiger partial charge in [0.15, 0.2) is 5.96 Å². The molecule has 1 aromatic carbocycles. The zero-order valence-electron chi connectivity index (χ0n) is 15.3. The monoisotopic (exact) mass is 390 g/mol. The molecule has 1 fully saturated rings. The fourth-order valence-electron chi connectivity index (χ4n) is 3.29. The van der Waals surface area contributed by atoms with Crippen LogP contribution in [0.25, 0.3) is 0 Å². The number of amides is 2. The van der Waals surface area contributed by atoms with Gasteiger partial charge in [0, 0.05) is 24.0 Å². The first-order valence-electron chi connectivity index (χ1n) is 9.04. The maximum Gasteiger partial charge on any atom is 0.230 e. The van der Waals surface area contributed by atoms with Gasteiger partial charge in [0.05, 0.1) is 18.2 Å². The Morgan fingerprint density at radius 2 is 2.11 bits per heavy atom. The molecule has 0 aliphatic carbocycles. The number of thioether (sulfide) groups is 1. The Morgan fingerprint density at radius 1 is 1.33 bits per heavy atom. The molecule has 1 unspecified atom stereocenters. The number of nitrogens with two attached hydrogens (primary N) is 1. The van der Waals surface area contributed by atoms with Gasteiger partial charge in [-0.2, -0.15) is 11.8 Å². The third-order valence-corrected chi connectivity index (χ3v) is 6.12. The highest BCUT2D eigenvalue weighted by molar-refractivity contribution is 8.00. The number of hydrogen-bond donors (Lipinski definition) is 5. The molecule has 6 N–H and O–H groups in total. The fourth-order valence-corrected chi connectivity index (χ4v) is 4.68. The molecule has 27 heavy (non-hydrogen) atoms. The molecule has 3 rings (SSSR count). The van der Waals surface area contributed by atoms with Crippen molar-refractivity contribution in [3.63, 3.8) is 0 Å². The average molecular weight is 391 g/mol. The summed E-state index contributed by atoms with van der Waals surface area (Å²) in [6, 6.07) is 10.2. The van der Waals surface area contributed by atoms with Gasteiger partial charge in [-0.25, -0.2) is 4.99 Å². The number of nitrogens with zero attached hydrogens (tertiary/aromatic N) is 1. The van der Waals surface area contributed by atoms with E-state index in [0.29, 0.717) is 18.9 Å². The Labute approximate surface area is 163 Å². The van der Waals surface area contributed by atoms with Crippen molar-refractivity contribution in [3.8, 4) is 0 Å². The second-order valence-electron chi connectivity index (χ2n) is 6.71. The van der Waals surface area contributed by atoms with Crippen LogP contribution in [-0.2, 0) is 16.0 Å². The predicted octanol–water partition coefficient (Wildman–Crippen LogP) is -0.832. The van der Waals surface area contributed by atoms with E-state index in [2.05, 4.69) is 26.3 Å². The lowest BCUT2D eigenvalue weighted by Crippen LogP contribution is -2.47. The van der Waals surface area contributed by atoms with Gasteiger partial charge in [0.2, 0.25) is 11.8 Å². The van der Waals surface area contributed by atoms with Gasteiger partial charge in [-0.3, -0.25) is 9.59 Å². The number of hydrogen-bond acceptors (Lipinski definition) is 7. The summed E-state index contributed by atoms with van der Waals surface area (Å²) in [5.41, 5.74) is 6.82. The van der Waals surface area contributed by atoms with Crippen LogP contribution in [0.3, 0.4) is 0 Å². The number of carbonyl (C=O) groups is 2. The number of carbonyl (C=O) groups excluding carboxylic acids is 2. The minimum Gasteiger partial charge on any atom is -0.370 e. The van der Waals surface area contributed by atoms with E-state index in [1.807, 2.05) is 30.3 Å². The summed E-state index contributed by atoms with van der Waals surface area (Å²) < 4.78 is 0. The van der Waals surface area contributed by atoms with Crippen molar-refractivity contribution in [1.82, 2.24) is 21.3 Å². The summed E-state index contributed by atoms with van der Waals surface area (Å²) in [5.74, 6) is 0.801. The second kappa shape index (κ2) is 9.09. The van der Waals surface area contributed by atoms with Crippen molar-refractivity contribution >= 4 is 29.5 Å². The number of fused-ring (bicyclic) bond motifs is 1. The normalized spacial score (nSPS) is 24.5. The second-order valence-corrected chi connectivity index (χ2v) is 7.98. The van der Waals surface area contributed by atoms with Crippen molar-refractivity contribution in [1.29, 1.82) is 0 Å². The van der Waals surface area contributed by atoms with Gasteiger partial charge in [0.1, 0.15) is 6.42 Å². The zero-order chi connectivity index (χ0) is 19.2. The highest BCUT2D eigenvalue weighted by Crippen LogP contribution is 2.31. The Morgan fingerprint density at radius 3 is 2.85 bits per heavy atom. The summed E-state index contributed by atoms with van der Waals surface area (Å²) in [6.45, 7) is 0.482. The predicted molar refractivity (Wildman–Crippen MR) is 107 cm³/mol. The molecule has 1 aromatic rings. The van der Waals surface area contributed by atoms with E-state index in [1.165, 1.54) is 0 Å². The topological polar surface area (TPSA) is 121 Å². The van der Waals surface area contributed by atoms with Crippen LogP contribution in [0, 0.1) is 0 Å². The van der Waals surface area contributed by atoms with Crippen LogP contribution < -0.4 is 27.0 Å². The van der Waals surface area contributed by atoms with Gasteiger partial charge < -0.3 is 27.0 Å². The molecule has 2 heterocycles. The average Bonchev–Trinajstić information content (AvgIpc) is 3.19. The largest absolute Gasteiger partial charge is 0.370 e. The van der Waals surface area contributed by atoms with E-state index >= 15 is 0 Å². The van der Waals surface area contributed by atoms with Crippen LogP contribution in [0.2, 0.25) is 0 Å². The molecule has 2 aliphatic heterocycles. The van der Waals surface area contributed by atoms with Crippen molar-refractivity contribution in [2.24, 2.45) is 10.7 Å². The Hall–Kier alpha value is -2.26.